The molecule has 0 aliphatic carbocycles. The third kappa shape index (κ3) is 2.61. The van der Waals surface area contributed by atoms with Crippen LogP contribution < -0.4 is 0 Å². The minimum absolute atomic E-state index is 0.418. The summed E-state index contributed by atoms with van der Waals surface area (Å²) in [6, 6.07) is 1.90. The first-order chi connectivity index (χ1) is 6.56. The monoisotopic (exact) mass is 231 g/mol. The van der Waals surface area contributed by atoms with Crippen molar-refractivity contribution < 1.29 is 0 Å². The molecule has 1 aromatic heterocycles. The minimum atomic E-state index is 0.418. The summed E-state index contributed by atoms with van der Waals surface area (Å²) in [5.41, 5.74) is 2.11. The first-order valence-electron chi connectivity index (χ1n) is 4.76. The largest absolute Gasteiger partial charge is 0.259 e. The van der Waals surface area contributed by atoms with Crippen LogP contribution in [0.15, 0.2) is 12.3 Å². The van der Waals surface area contributed by atoms with E-state index in [1.165, 1.54) is 0 Å². The molecule has 0 aliphatic heterocycles. The van der Waals surface area contributed by atoms with Crippen molar-refractivity contribution >= 4 is 23.2 Å². The third-order valence-corrected chi connectivity index (χ3v) is 3.04. The van der Waals surface area contributed by atoms with E-state index < -0.39 is 0 Å². The Kier molecular flexibility index (Phi) is 4.21. The molecule has 0 aliphatic rings. The average molecular weight is 232 g/mol. The normalized spacial score (nSPS) is 13.3. The summed E-state index contributed by atoms with van der Waals surface area (Å²) in [5.74, 6) is 1.45. The van der Waals surface area contributed by atoms with Gasteiger partial charge >= 0.3 is 0 Å². The molecule has 0 aromatic carbocycles. The van der Waals surface area contributed by atoms with Gasteiger partial charge in [-0.2, -0.15) is 0 Å². The quantitative estimate of drug-likeness (QED) is 0.710. The van der Waals surface area contributed by atoms with Crippen molar-refractivity contribution in [2.75, 3.05) is 0 Å². The molecule has 3 heteroatoms. The molecule has 1 nitrogen and oxygen atoms in total. The number of alkyl halides is 1. The van der Waals surface area contributed by atoms with Crippen molar-refractivity contribution in [1.82, 2.24) is 4.98 Å². The summed E-state index contributed by atoms with van der Waals surface area (Å²) in [7, 11) is 0. The summed E-state index contributed by atoms with van der Waals surface area (Å²) in [6.45, 7) is 6.52. The molecule has 0 saturated heterocycles. The van der Waals surface area contributed by atoms with Gasteiger partial charge in [0, 0.05) is 23.7 Å². The Morgan fingerprint density at radius 2 is 2.00 bits per heavy atom. The van der Waals surface area contributed by atoms with Gasteiger partial charge in [-0.3, -0.25) is 4.98 Å². The standard InChI is InChI=1S/C11H15Cl2N/c1-7(2)8(3)11-9(5-12)4-10(13)6-14-11/h4,6-8H,5H2,1-3H3/t8-/m1/s1. The Labute approximate surface area is 95.4 Å². The highest BCUT2D eigenvalue weighted by Gasteiger charge is 2.15. The zero-order valence-electron chi connectivity index (χ0n) is 8.72. The second-order valence-corrected chi connectivity index (χ2v) is 4.57. The van der Waals surface area contributed by atoms with Crippen molar-refractivity contribution in [3.63, 3.8) is 0 Å². The summed E-state index contributed by atoms with van der Waals surface area (Å²) in [6.07, 6.45) is 1.69. The minimum Gasteiger partial charge on any atom is -0.259 e. The van der Waals surface area contributed by atoms with Crippen molar-refractivity contribution in [3.8, 4) is 0 Å². The number of aromatic nitrogens is 1. The number of hydrogen-bond donors (Lipinski definition) is 0. The van der Waals surface area contributed by atoms with Gasteiger partial charge in [-0.1, -0.05) is 32.4 Å². The van der Waals surface area contributed by atoms with E-state index >= 15 is 0 Å². The van der Waals surface area contributed by atoms with Crippen LogP contribution in [-0.4, -0.2) is 4.98 Å². The number of pyridine rings is 1. The summed E-state index contributed by atoms with van der Waals surface area (Å²) >= 11 is 11.7. The third-order valence-electron chi connectivity index (χ3n) is 2.54. The van der Waals surface area contributed by atoms with Crippen LogP contribution in [0, 0.1) is 5.92 Å². The molecule has 0 bridgehead atoms. The zero-order valence-corrected chi connectivity index (χ0v) is 10.2. The maximum absolute atomic E-state index is 5.86. The molecule has 0 saturated carbocycles. The first kappa shape index (κ1) is 11.8. The van der Waals surface area contributed by atoms with E-state index in [1.807, 2.05) is 6.07 Å². The fraction of sp³-hybridized carbons (Fsp3) is 0.545. The van der Waals surface area contributed by atoms with Crippen molar-refractivity contribution in [2.45, 2.75) is 32.6 Å². The molecule has 0 spiro atoms. The predicted octanol–water partition coefficient (Wildman–Crippen LogP) is 4.23. The van der Waals surface area contributed by atoms with Crippen LogP contribution in [0.3, 0.4) is 0 Å². The number of hydrogen-bond acceptors (Lipinski definition) is 1. The molecule has 14 heavy (non-hydrogen) atoms. The number of rotatable bonds is 3. The van der Waals surface area contributed by atoms with Gasteiger partial charge in [0.15, 0.2) is 0 Å². The Morgan fingerprint density at radius 3 is 2.50 bits per heavy atom. The molecule has 0 radical (unpaired) electrons. The van der Waals surface area contributed by atoms with Crippen molar-refractivity contribution in [2.24, 2.45) is 5.92 Å². The van der Waals surface area contributed by atoms with Gasteiger partial charge < -0.3 is 0 Å². The molecule has 0 fully saturated rings. The molecule has 1 aromatic rings. The smallest absolute Gasteiger partial charge is 0.0592 e. The molecular weight excluding hydrogens is 217 g/mol. The lowest BCUT2D eigenvalue weighted by molar-refractivity contribution is 0.521. The average Bonchev–Trinajstić information content (AvgIpc) is 2.16. The second-order valence-electron chi connectivity index (χ2n) is 3.86. The van der Waals surface area contributed by atoms with Crippen LogP contribution in [-0.2, 0) is 5.88 Å². The lowest BCUT2D eigenvalue weighted by Gasteiger charge is -2.17. The maximum atomic E-state index is 5.86. The van der Waals surface area contributed by atoms with Gasteiger partial charge in [-0.05, 0) is 17.5 Å². The van der Waals surface area contributed by atoms with Gasteiger partial charge in [-0.15, -0.1) is 11.6 Å². The Balaban J connectivity index is 3.07. The first-order valence-corrected chi connectivity index (χ1v) is 5.67. The maximum Gasteiger partial charge on any atom is 0.0592 e. The van der Waals surface area contributed by atoms with Gasteiger partial charge in [0.2, 0.25) is 0 Å². The van der Waals surface area contributed by atoms with Gasteiger partial charge in [0.05, 0.1) is 5.02 Å². The fourth-order valence-electron chi connectivity index (χ4n) is 1.32. The van der Waals surface area contributed by atoms with Gasteiger partial charge in [-0.25, -0.2) is 0 Å². The molecule has 1 heterocycles. The van der Waals surface area contributed by atoms with E-state index in [-0.39, 0.29) is 0 Å². The Morgan fingerprint density at radius 1 is 1.36 bits per heavy atom. The molecule has 1 rings (SSSR count). The summed E-state index contributed by atoms with van der Waals surface area (Å²) in [4.78, 5) is 4.35. The number of halogens is 2. The molecule has 0 N–H and O–H groups in total. The SMILES string of the molecule is CC(C)[C@@H](C)c1ncc(Cl)cc1CCl. The lowest BCUT2D eigenvalue weighted by atomic mass is 9.92. The van der Waals surface area contributed by atoms with Crippen LogP contribution in [0.1, 0.15) is 37.9 Å². The fourth-order valence-corrected chi connectivity index (χ4v) is 1.72. The van der Waals surface area contributed by atoms with E-state index in [0.717, 1.165) is 11.3 Å². The number of nitrogens with zero attached hydrogens (tertiary/aromatic N) is 1. The van der Waals surface area contributed by atoms with E-state index in [9.17, 15) is 0 Å². The van der Waals surface area contributed by atoms with Crippen LogP contribution in [0.2, 0.25) is 5.02 Å². The van der Waals surface area contributed by atoms with Crippen LogP contribution in [0.25, 0.3) is 0 Å². The van der Waals surface area contributed by atoms with Gasteiger partial charge in [0.25, 0.3) is 0 Å². The topological polar surface area (TPSA) is 12.9 Å². The van der Waals surface area contributed by atoms with E-state index in [0.29, 0.717) is 22.7 Å². The highest BCUT2D eigenvalue weighted by atomic mass is 35.5. The van der Waals surface area contributed by atoms with Crippen LogP contribution in [0.4, 0.5) is 0 Å². The predicted molar refractivity (Wildman–Crippen MR) is 62.1 cm³/mol. The highest BCUT2D eigenvalue weighted by Crippen LogP contribution is 2.27. The lowest BCUT2D eigenvalue weighted by Crippen LogP contribution is -2.07. The van der Waals surface area contributed by atoms with E-state index in [4.69, 9.17) is 23.2 Å². The molecule has 0 unspecified atom stereocenters. The van der Waals surface area contributed by atoms with Crippen LogP contribution >= 0.6 is 23.2 Å². The molecule has 1 atom stereocenters. The Bertz CT molecular complexity index is 310. The zero-order chi connectivity index (χ0) is 10.7. The van der Waals surface area contributed by atoms with Crippen molar-refractivity contribution in [3.05, 3.63) is 28.5 Å². The van der Waals surface area contributed by atoms with E-state index in [1.54, 1.807) is 6.20 Å². The van der Waals surface area contributed by atoms with Crippen LogP contribution in [0.5, 0.6) is 0 Å². The molecular formula is C11H15Cl2N. The second kappa shape index (κ2) is 4.99. The highest BCUT2D eigenvalue weighted by molar-refractivity contribution is 6.30. The molecule has 78 valence electrons. The van der Waals surface area contributed by atoms with Gasteiger partial charge in [0.1, 0.15) is 0 Å². The van der Waals surface area contributed by atoms with E-state index in [2.05, 4.69) is 25.8 Å². The summed E-state index contributed by atoms with van der Waals surface area (Å²) < 4.78 is 0. The summed E-state index contributed by atoms with van der Waals surface area (Å²) in [5, 5.41) is 0.653. The van der Waals surface area contributed by atoms with Crippen molar-refractivity contribution in [1.29, 1.82) is 0 Å². The Hall–Kier alpha value is -0.270. The molecule has 0 amide bonds.